The molecule has 1 aromatic carbocycles. The zero-order chi connectivity index (χ0) is 11.1. The summed E-state index contributed by atoms with van der Waals surface area (Å²) in [5, 5.41) is 9.33. The standard InChI is InChI=1S/C11H9N3OS/c1-7-2-3-9-8(4-7)5-11(15-9)14-6-10(16)12-13-14/h2-6,16H,1H3. The van der Waals surface area contributed by atoms with Crippen molar-refractivity contribution in [3.05, 3.63) is 36.0 Å². The monoisotopic (exact) mass is 231 g/mol. The van der Waals surface area contributed by atoms with Crippen molar-refractivity contribution in [1.82, 2.24) is 15.0 Å². The molecule has 0 saturated carbocycles. The number of hydrogen-bond donors (Lipinski definition) is 1. The number of fused-ring (bicyclic) bond motifs is 1. The van der Waals surface area contributed by atoms with Gasteiger partial charge in [-0.1, -0.05) is 16.8 Å². The molecule has 80 valence electrons. The van der Waals surface area contributed by atoms with E-state index in [-0.39, 0.29) is 0 Å². The molecule has 2 heterocycles. The average molecular weight is 231 g/mol. The lowest BCUT2D eigenvalue weighted by Crippen LogP contribution is -1.91. The van der Waals surface area contributed by atoms with Gasteiger partial charge in [0.25, 0.3) is 0 Å². The van der Waals surface area contributed by atoms with Crippen LogP contribution in [0.1, 0.15) is 5.56 Å². The van der Waals surface area contributed by atoms with Gasteiger partial charge in [-0.2, -0.15) is 4.68 Å². The molecule has 0 atom stereocenters. The predicted molar refractivity (Wildman–Crippen MR) is 63.1 cm³/mol. The van der Waals surface area contributed by atoms with Gasteiger partial charge in [0.05, 0.1) is 6.20 Å². The molecule has 0 N–H and O–H groups in total. The summed E-state index contributed by atoms with van der Waals surface area (Å²) < 4.78 is 7.22. The van der Waals surface area contributed by atoms with E-state index in [1.54, 1.807) is 10.9 Å². The van der Waals surface area contributed by atoms with Gasteiger partial charge in [-0.3, -0.25) is 0 Å². The molecule has 2 aromatic heterocycles. The molecule has 0 fully saturated rings. The number of benzene rings is 1. The Kier molecular flexibility index (Phi) is 2.00. The molecule has 4 nitrogen and oxygen atoms in total. The first-order valence-corrected chi connectivity index (χ1v) is 5.29. The molecule has 5 heteroatoms. The van der Waals surface area contributed by atoms with E-state index < -0.39 is 0 Å². The summed E-state index contributed by atoms with van der Waals surface area (Å²) in [6.07, 6.45) is 1.70. The van der Waals surface area contributed by atoms with E-state index in [2.05, 4.69) is 29.0 Å². The molecule has 0 amide bonds. The Morgan fingerprint density at radius 3 is 2.94 bits per heavy atom. The number of aryl methyl sites for hydroxylation is 1. The molecule has 0 unspecified atom stereocenters. The highest BCUT2D eigenvalue weighted by atomic mass is 32.1. The molecule has 0 radical (unpaired) electrons. The largest absolute Gasteiger partial charge is 0.438 e. The van der Waals surface area contributed by atoms with Gasteiger partial charge in [-0.15, -0.1) is 17.7 Å². The zero-order valence-electron chi connectivity index (χ0n) is 8.58. The van der Waals surface area contributed by atoms with Crippen LogP contribution in [0.15, 0.2) is 39.9 Å². The smallest absolute Gasteiger partial charge is 0.222 e. The number of furan rings is 1. The molecule has 0 bridgehead atoms. The second-order valence-electron chi connectivity index (χ2n) is 3.65. The topological polar surface area (TPSA) is 43.9 Å². The van der Waals surface area contributed by atoms with E-state index >= 15 is 0 Å². The van der Waals surface area contributed by atoms with Crippen LogP contribution in [-0.4, -0.2) is 15.0 Å². The lowest BCUT2D eigenvalue weighted by molar-refractivity contribution is 0.552. The van der Waals surface area contributed by atoms with Crippen LogP contribution in [0.5, 0.6) is 0 Å². The minimum Gasteiger partial charge on any atom is -0.438 e. The molecular weight excluding hydrogens is 222 g/mol. The molecule has 16 heavy (non-hydrogen) atoms. The Labute approximate surface area is 97.3 Å². The van der Waals surface area contributed by atoms with Crippen LogP contribution in [0.3, 0.4) is 0 Å². The SMILES string of the molecule is Cc1ccc2oc(-n3cc(S)nn3)cc2c1. The van der Waals surface area contributed by atoms with Crippen LogP contribution < -0.4 is 0 Å². The summed E-state index contributed by atoms with van der Waals surface area (Å²) in [6.45, 7) is 2.05. The van der Waals surface area contributed by atoms with Crippen molar-refractivity contribution in [2.45, 2.75) is 11.9 Å². The Bertz CT molecular complexity index is 656. The minimum absolute atomic E-state index is 0.566. The van der Waals surface area contributed by atoms with Gasteiger partial charge in [0, 0.05) is 11.5 Å². The van der Waals surface area contributed by atoms with Crippen LogP contribution in [0.25, 0.3) is 16.9 Å². The van der Waals surface area contributed by atoms with Crippen LogP contribution in [-0.2, 0) is 0 Å². The normalized spacial score (nSPS) is 11.1. The second-order valence-corrected chi connectivity index (χ2v) is 4.11. The number of nitrogens with zero attached hydrogens (tertiary/aromatic N) is 3. The Balaban J connectivity index is 2.18. The summed E-state index contributed by atoms with van der Waals surface area (Å²) in [4.78, 5) is 0. The fraction of sp³-hybridized carbons (Fsp3) is 0.0909. The Hall–Kier alpha value is -1.75. The molecule has 0 saturated heterocycles. The van der Waals surface area contributed by atoms with Gasteiger partial charge in [0.15, 0.2) is 0 Å². The van der Waals surface area contributed by atoms with Crippen molar-refractivity contribution in [1.29, 1.82) is 0 Å². The quantitative estimate of drug-likeness (QED) is 0.655. The lowest BCUT2D eigenvalue weighted by Gasteiger charge is -1.90. The summed E-state index contributed by atoms with van der Waals surface area (Å²) in [5.41, 5.74) is 2.05. The number of aromatic nitrogens is 3. The number of hydrogen-bond acceptors (Lipinski definition) is 4. The van der Waals surface area contributed by atoms with Crippen molar-refractivity contribution < 1.29 is 4.42 Å². The molecule has 0 aliphatic rings. The van der Waals surface area contributed by atoms with E-state index in [1.165, 1.54) is 5.56 Å². The van der Waals surface area contributed by atoms with Gasteiger partial charge >= 0.3 is 0 Å². The highest BCUT2D eigenvalue weighted by Gasteiger charge is 2.07. The maximum absolute atomic E-state index is 5.65. The first-order chi connectivity index (χ1) is 7.72. The van der Waals surface area contributed by atoms with Crippen molar-refractivity contribution in [3.8, 4) is 5.88 Å². The highest BCUT2D eigenvalue weighted by molar-refractivity contribution is 7.80. The molecule has 3 aromatic rings. The van der Waals surface area contributed by atoms with E-state index in [0.717, 1.165) is 11.0 Å². The van der Waals surface area contributed by atoms with Crippen molar-refractivity contribution in [2.75, 3.05) is 0 Å². The first-order valence-electron chi connectivity index (χ1n) is 4.84. The molecular formula is C11H9N3OS. The third kappa shape index (κ3) is 1.49. The fourth-order valence-electron chi connectivity index (χ4n) is 1.62. The lowest BCUT2D eigenvalue weighted by atomic mass is 10.2. The van der Waals surface area contributed by atoms with Gasteiger partial charge in [-0.25, -0.2) is 0 Å². The van der Waals surface area contributed by atoms with Gasteiger partial charge < -0.3 is 4.42 Å². The van der Waals surface area contributed by atoms with Crippen molar-refractivity contribution in [2.24, 2.45) is 0 Å². The fourth-order valence-corrected chi connectivity index (χ4v) is 1.77. The van der Waals surface area contributed by atoms with Crippen molar-refractivity contribution in [3.63, 3.8) is 0 Å². The summed E-state index contributed by atoms with van der Waals surface area (Å²) in [5.74, 6) is 0.647. The van der Waals surface area contributed by atoms with E-state index in [4.69, 9.17) is 4.42 Å². The Morgan fingerprint density at radius 2 is 2.19 bits per heavy atom. The molecule has 0 spiro atoms. The number of rotatable bonds is 1. The van der Waals surface area contributed by atoms with Crippen LogP contribution in [0.4, 0.5) is 0 Å². The van der Waals surface area contributed by atoms with E-state index in [1.807, 2.05) is 25.1 Å². The summed E-state index contributed by atoms with van der Waals surface area (Å²) in [7, 11) is 0. The third-order valence-electron chi connectivity index (χ3n) is 2.37. The predicted octanol–water partition coefficient (Wildman–Crippen LogP) is 2.61. The van der Waals surface area contributed by atoms with Crippen LogP contribution >= 0.6 is 12.6 Å². The maximum atomic E-state index is 5.65. The third-order valence-corrected chi connectivity index (χ3v) is 2.57. The maximum Gasteiger partial charge on any atom is 0.222 e. The van der Waals surface area contributed by atoms with Crippen molar-refractivity contribution >= 4 is 23.6 Å². The highest BCUT2D eigenvalue weighted by Crippen LogP contribution is 2.22. The Morgan fingerprint density at radius 1 is 1.31 bits per heavy atom. The van der Waals surface area contributed by atoms with E-state index in [9.17, 15) is 0 Å². The van der Waals surface area contributed by atoms with E-state index in [0.29, 0.717) is 10.9 Å². The van der Waals surface area contributed by atoms with Crippen LogP contribution in [0.2, 0.25) is 0 Å². The zero-order valence-corrected chi connectivity index (χ0v) is 9.48. The first kappa shape index (κ1) is 9.47. The summed E-state index contributed by atoms with van der Waals surface area (Å²) >= 11 is 4.10. The number of thiol groups is 1. The minimum atomic E-state index is 0.566. The summed E-state index contributed by atoms with van der Waals surface area (Å²) in [6, 6.07) is 7.97. The second kappa shape index (κ2) is 3.38. The molecule has 3 rings (SSSR count). The van der Waals surface area contributed by atoms with Gasteiger partial charge in [0.1, 0.15) is 10.6 Å². The van der Waals surface area contributed by atoms with Gasteiger partial charge in [-0.05, 0) is 19.1 Å². The van der Waals surface area contributed by atoms with Crippen LogP contribution in [0, 0.1) is 6.92 Å². The molecule has 0 aliphatic heterocycles. The molecule has 0 aliphatic carbocycles. The average Bonchev–Trinajstić information content (AvgIpc) is 2.83. The van der Waals surface area contributed by atoms with Gasteiger partial charge in [0.2, 0.25) is 5.88 Å².